The van der Waals surface area contributed by atoms with Gasteiger partial charge in [0.2, 0.25) is 0 Å². The summed E-state index contributed by atoms with van der Waals surface area (Å²) in [5, 5.41) is 12.2. The molecule has 1 fully saturated rings. The van der Waals surface area contributed by atoms with Gasteiger partial charge in [-0.3, -0.25) is 0 Å². The molecule has 1 aliphatic rings. The van der Waals surface area contributed by atoms with Crippen molar-refractivity contribution >= 4 is 22.5 Å². The summed E-state index contributed by atoms with van der Waals surface area (Å²) in [4.78, 5) is 1.73. The molecule has 0 radical (unpaired) electrons. The van der Waals surface area contributed by atoms with E-state index in [1.807, 2.05) is 23.9 Å². The number of nitrogens with zero attached hydrogens (tertiary/aromatic N) is 3. The second-order valence-electron chi connectivity index (χ2n) is 7.00. The molecule has 2 aromatic carbocycles. The minimum atomic E-state index is 0.442. The van der Waals surface area contributed by atoms with Crippen molar-refractivity contribution < 1.29 is 9.64 Å². The third-order valence-electron chi connectivity index (χ3n) is 5.20. The van der Waals surface area contributed by atoms with E-state index < -0.39 is 0 Å². The average Bonchev–Trinajstić information content (AvgIpc) is 3.36. The Hall–Kier alpha value is -2.05. The first-order valence-corrected chi connectivity index (χ1v) is 10.8. The van der Waals surface area contributed by atoms with Gasteiger partial charge < -0.3 is 14.2 Å². The number of thioether (sulfide) groups is 1. The molecule has 0 spiro atoms. The van der Waals surface area contributed by atoms with Gasteiger partial charge in [0.1, 0.15) is 12.4 Å². The van der Waals surface area contributed by atoms with Crippen LogP contribution in [0.3, 0.4) is 0 Å². The van der Waals surface area contributed by atoms with Crippen LogP contribution in [0.5, 0.6) is 5.75 Å². The number of benzene rings is 2. The summed E-state index contributed by atoms with van der Waals surface area (Å²) in [7, 11) is 0. The van der Waals surface area contributed by atoms with E-state index >= 15 is 0 Å². The Morgan fingerprint density at radius 1 is 1.07 bits per heavy atom. The molecular formula is C21H27N4OS+. The van der Waals surface area contributed by atoms with Crippen molar-refractivity contribution in [1.82, 2.24) is 14.8 Å². The van der Waals surface area contributed by atoms with Gasteiger partial charge in [0.25, 0.3) is 0 Å². The van der Waals surface area contributed by atoms with Gasteiger partial charge in [0.15, 0.2) is 11.0 Å². The molecule has 0 unspecified atom stereocenters. The van der Waals surface area contributed by atoms with Crippen molar-refractivity contribution in [3.8, 4) is 5.75 Å². The van der Waals surface area contributed by atoms with Crippen molar-refractivity contribution in [2.45, 2.75) is 38.1 Å². The SMILES string of the molecule is CCn1c(COc2ccc3ccccc3c2)nnc1SCC[NH+]1CCCC1. The van der Waals surface area contributed by atoms with Gasteiger partial charge in [-0.15, -0.1) is 10.2 Å². The van der Waals surface area contributed by atoms with Crippen LogP contribution in [-0.4, -0.2) is 40.2 Å². The van der Waals surface area contributed by atoms with Crippen LogP contribution >= 0.6 is 11.8 Å². The van der Waals surface area contributed by atoms with Crippen LogP contribution in [-0.2, 0) is 13.2 Å². The molecule has 27 heavy (non-hydrogen) atoms. The number of fused-ring (bicyclic) bond motifs is 1. The summed E-state index contributed by atoms with van der Waals surface area (Å²) in [5.74, 6) is 2.85. The van der Waals surface area contributed by atoms with E-state index in [1.165, 1.54) is 43.2 Å². The lowest BCUT2D eigenvalue weighted by atomic mass is 10.1. The number of aromatic nitrogens is 3. The van der Waals surface area contributed by atoms with Gasteiger partial charge in [-0.05, 0) is 29.8 Å². The maximum absolute atomic E-state index is 6.01. The smallest absolute Gasteiger partial charge is 0.191 e. The third-order valence-corrected chi connectivity index (χ3v) is 6.16. The Bertz CT molecular complexity index is 889. The molecule has 5 nitrogen and oxygen atoms in total. The van der Waals surface area contributed by atoms with E-state index in [0.717, 1.165) is 29.0 Å². The molecule has 2 heterocycles. The first-order valence-electron chi connectivity index (χ1n) is 9.83. The van der Waals surface area contributed by atoms with E-state index in [1.54, 1.807) is 4.90 Å². The fourth-order valence-electron chi connectivity index (χ4n) is 3.67. The number of ether oxygens (including phenoxy) is 1. The Labute approximate surface area is 164 Å². The molecule has 1 N–H and O–H groups in total. The fraction of sp³-hybridized carbons (Fsp3) is 0.429. The highest BCUT2D eigenvalue weighted by Crippen LogP contribution is 2.22. The van der Waals surface area contributed by atoms with Gasteiger partial charge in [0.05, 0.1) is 25.4 Å². The van der Waals surface area contributed by atoms with Crippen molar-refractivity contribution in [1.29, 1.82) is 0 Å². The van der Waals surface area contributed by atoms with E-state index in [-0.39, 0.29) is 0 Å². The molecule has 0 bridgehead atoms. The van der Waals surface area contributed by atoms with Crippen molar-refractivity contribution in [3.05, 3.63) is 48.3 Å². The lowest BCUT2D eigenvalue weighted by molar-refractivity contribution is -0.884. The van der Waals surface area contributed by atoms with Gasteiger partial charge in [0, 0.05) is 19.4 Å². The Morgan fingerprint density at radius 2 is 1.89 bits per heavy atom. The predicted octanol–water partition coefficient (Wildman–Crippen LogP) is 2.80. The predicted molar refractivity (Wildman–Crippen MR) is 109 cm³/mol. The molecule has 0 aliphatic carbocycles. The second-order valence-corrected chi connectivity index (χ2v) is 8.06. The van der Waals surface area contributed by atoms with Crippen LogP contribution in [0.4, 0.5) is 0 Å². The van der Waals surface area contributed by atoms with Gasteiger partial charge in [-0.25, -0.2) is 0 Å². The maximum atomic E-state index is 6.01. The monoisotopic (exact) mass is 383 g/mol. The Morgan fingerprint density at radius 3 is 2.70 bits per heavy atom. The molecule has 0 atom stereocenters. The van der Waals surface area contributed by atoms with Crippen LogP contribution in [0.25, 0.3) is 10.8 Å². The fourth-order valence-corrected chi connectivity index (χ4v) is 4.73. The summed E-state index contributed by atoms with van der Waals surface area (Å²) in [6.45, 7) is 7.31. The number of hydrogen-bond donors (Lipinski definition) is 1. The quantitative estimate of drug-likeness (QED) is 0.608. The highest BCUT2D eigenvalue weighted by molar-refractivity contribution is 7.99. The lowest BCUT2D eigenvalue weighted by Gasteiger charge is -2.12. The Balaban J connectivity index is 1.37. The van der Waals surface area contributed by atoms with Crippen LogP contribution in [0.2, 0.25) is 0 Å². The number of nitrogens with one attached hydrogen (secondary N) is 1. The first-order chi connectivity index (χ1) is 13.3. The first kappa shape index (κ1) is 18.3. The summed E-state index contributed by atoms with van der Waals surface area (Å²) in [6.07, 6.45) is 2.75. The molecule has 0 amide bonds. The van der Waals surface area contributed by atoms with Crippen molar-refractivity contribution in [2.24, 2.45) is 0 Å². The van der Waals surface area contributed by atoms with E-state index in [0.29, 0.717) is 6.61 Å². The number of quaternary nitrogens is 1. The second kappa shape index (κ2) is 8.76. The van der Waals surface area contributed by atoms with Gasteiger partial charge >= 0.3 is 0 Å². The average molecular weight is 384 g/mol. The van der Waals surface area contributed by atoms with Crippen LogP contribution in [0.15, 0.2) is 47.6 Å². The molecule has 0 saturated carbocycles. The number of likely N-dealkylation sites (tertiary alicyclic amines) is 1. The zero-order valence-electron chi connectivity index (χ0n) is 15.9. The standard InChI is InChI=1S/C21H26N4OS/c1-2-25-20(22-23-21(25)27-14-13-24-11-5-6-12-24)16-26-19-10-9-17-7-3-4-8-18(17)15-19/h3-4,7-10,15H,2,5-6,11-14,16H2,1H3/p+1. The van der Waals surface area contributed by atoms with Gasteiger partial charge in [-0.1, -0.05) is 42.1 Å². The van der Waals surface area contributed by atoms with E-state index in [9.17, 15) is 0 Å². The number of rotatable bonds is 8. The molecule has 1 aromatic heterocycles. The van der Waals surface area contributed by atoms with E-state index in [2.05, 4.69) is 52.0 Å². The van der Waals surface area contributed by atoms with Crippen LogP contribution in [0.1, 0.15) is 25.6 Å². The van der Waals surface area contributed by atoms with E-state index in [4.69, 9.17) is 4.74 Å². The summed E-state index contributed by atoms with van der Waals surface area (Å²) in [6, 6.07) is 14.5. The normalized spacial score (nSPS) is 14.9. The lowest BCUT2D eigenvalue weighted by Crippen LogP contribution is -3.10. The highest BCUT2D eigenvalue weighted by Gasteiger charge is 2.16. The largest absolute Gasteiger partial charge is 0.486 e. The van der Waals surface area contributed by atoms with Crippen molar-refractivity contribution in [2.75, 3.05) is 25.4 Å². The molecular weight excluding hydrogens is 356 g/mol. The Kier molecular flexibility index (Phi) is 5.94. The minimum absolute atomic E-state index is 0.442. The molecule has 6 heteroatoms. The topological polar surface area (TPSA) is 44.4 Å². The summed E-state index contributed by atoms with van der Waals surface area (Å²) in [5.41, 5.74) is 0. The molecule has 142 valence electrons. The molecule has 4 rings (SSSR count). The summed E-state index contributed by atoms with van der Waals surface area (Å²) < 4.78 is 8.18. The minimum Gasteiger partial charge on any atom is -0.486 e. The summed E-state index contributed by atoms with van der Waals surface area (Å²) >= 11 is 1.82. The van der Waals surface area contributed by atoms with Gasteiger partial charge in [-0.2, -0.15) is 0 Å². The number of hydrogen-bond acceptors (Lipinski definition) is 4. The molecule has 1 saturated heterocycles. The highest BCUT2D eigenvalue weighted by atomic mass is 32.2. The zero-order chi connectivity index (χ0) is 18.5. The van der Waals surface area contributed by atoms with Crippen LogP contribution in [0, 0.1) is 0 Å². The van der Waals surface area contributed by atoms with Crippen LogP contribution < -0.4 is 9.64 Å². The molecule has 3 aromatic rings. The maximum Gasteiger partial charge on any atom is 0.191 e. The zero-order valence-corrected chi connectivity index (χ0v) is 16.7. The van der Waals surface area contributed by atoms with Crippen molar-refractivity contribution in [3.63, 3.8) is 0 Å². The third kappa shape index (κ3) is 4.45. The molecule has 1 aliphatic heterocycles.